The molecule has 3 aromatic heterocycles. The number of carbonyl (C=O) groups excluding carboxylic acids is 1. The Morgan fingerprint density at radius 2 is 2.05 bits per heavy atom. The summed E-state index contributed by atoms with van der Waals surface area (Å²) in [5, 5.41) is 3.97. The van der Waals surface area contributed by atoms with Crippen LogP contribution in [0.3, 0.4) is 0 Å². The Morgan fingerprint density at radius 1 is 1.27 bits per heavy atom. The van der Waals surface area contributed by atoms with Crippen LogP contribution in [0.25, 0.3) is 10.2 Å². The van der Waals surface area contributed by atoms with Gasteiger partial charge in [-0.3, -0.25) is 4.79 Å². The molecule has 1 aliphatic heterocycles. The monoisotopic (exact) mass is 565 g/mol. The molecule has 0 N–H and O–H groups in total. The minimum absolute atomic E-state index is 0.0293. The number of aromatic nitrogens is 2. The first-order chi connectivity index (χ1) is 17.8. The maximum atomic E-state index is 14.4. The van der Waals surface area contributed by atoms with E-state index < -0.39 is 22.2 Å². The van der Waals surface area contributed by atoms with E-state index >= 15 is 0 Å². The number of fused-ring (bicyclic) bond motifs is 2. The number of carbonyl (C=O) groups is 1. The average molecular weight is 566 g/mol. The number of nitrogens with zero attached hydrogens (tertiary/aromatic N) is 3. The maximum Gasteiger partial charge on any atom is 0.273 e. The van der Waals surface area contributed by atoms with Crippen molar-refractivity contribution in [2.45, 2.75) is 25.2 Å². The summed E-state index contributed by atoms with van der Waals surface area (Å²) in [5.74, 6) is 0.00798. The molecule has 1 atom stereocenters. The van der Waals surface area contributed by atoms with Crippen molar-refractivity contribution >= 4 is 54.8 Å². The molecule has 0 spiro atoms. The molecule has 0 fully saturated rings. The molecule has 0 saturated heterocycles. The van der Waals surface area contributed by atoms with Crippen molar-refractivity contribution in [1.29, 1.82) is 0 Å². The molecule has 37 heavy (non-hydrogen) atoms. The van der Waals surface area contributed by atoms with Crippen LogP contribution in [0.4, 0.5) is 5.88 Å². The molecule has 4 heterocycles. The van der Waals surface area contributed by atoms with Crippen molar-refractivity contribution in [3.05, 3.63) is 57.7 Å². The van der Waals surface area contributed by atoms with Crippen LogP contribution in [0.2, 0.25) is 5.02 Å². The number of rotatable bonds is 9. The van der Waals surface area contributed by atoms with Gasteiger partial charge in [-0.1, -0.05) is 16.8 Å². The van der Waals surface area contributed by atoms with Crippen molar-refractivity contribution in [1.82, 2.24) is 10.1 Å². The van der Waals surface area contributed by atoms with Gasteiger partial charge in [0.05, 0.1) is 4.88 Å². The number of hydrogen-bond acceptors (Lipinski definition) is 11. The average Bonchev–Trinajstić information content (AvgIpc) is 3.61. The predicted molar refractivity (Wildman–Crippen MR) is 134 cm³/mol. The summed E-state index contributed by atoms with van der Waals surface area (Å²) in [4.78, 5) is 18.0. The zero-order valence-electron chi connectivity index (χ0n) is 19.8. The third-order valence-electron chi connectivity index (χ3n) is 5.46. The van der Waals surface area contributed by atoms with E-state index in [4.69, 9.17) is 35.1 Å². The lowest BCUT2D eigenvalue weighted by Gasteiger charge is -2.28. The molecule has 14 heteroatoms. The summed E-state index contributed by atoms with van der Waals surface area (Å²) in [7, 11) is -3.35. The molecule has 0 radical (unpaired) electrons. The van der Waals surface area contributed by atoms with Gasteiger partial charge in [-0.2, -0.15) is 4.31 Å². The normalized spacial score (nSPS) is 13.7. The van der Waals surface area contributed by atoms with E-state index in [0.29, 0.717) is 16.3 Å². The van der Waals surface area contributed by atoms with Gasteiger partial charge in [-0.25, -0.2) is 13.4 Å². The fraction of sp³-hybridized carbons (Fsp3) is 0.261. The van der Waals surface area contributed by atoms with Crippen LogP contribution < -0.4 is 13.8 Å². The van der Waals surface area contributed by atoms with Gasteiger partial charge < -0.3 is 23.5 Å². The molecule has 0 saturated carbocycles. The third-order valence-corrected chi connectivity index (χ3v) is 8.93. The fourth-order valence-electron chi connectivity index (χ4n) is 3.76. The lowest BCUT2D eigenvalue weighted by atomic mass is 10.1. The molecule has 11 nitrogen and oxygen atoms in total. The highest BCUT2D eigenvalue weighted by Gasteiger charge is 2.42. The summed E-state index contributed by atoms with van der Waals surface area (Å²) >= 11 is 7.31. The quantitative estimate of drug-likeness (QED) is 0.213. The lowest BCUT2D eigenvalue weighted by molar-refractivity contribution is -0.112. The van der Waals surface area contributed by atoms with Crippen LogP contribution >= 0.6 is 22.9 Å². The standard InChI is InChI=1S/C23H20ClN3O8S2/c1-4-32-23(31-3)27(22-17(24)12(2)26-35-22)37(29,30)20-14-6-5-9-25-21(14)36-19(20)18(28)13-7-8-15-16(10-13)34-11-33-15/h5-10,23H,4,11H2,1-3H3. The number of ketones is 1. The minimum Gasteiger partial charge on any atom is -0.454 e. The Hall–Kier alpha value is -3.23. The Bertz CT molecular complexity index is 1600. The van der Waals surface area contributed by atoms with Crippen molar-refractivity contribution in [2.24, 2.45) is 0 Å². The minimum atomic E-state index is -4.62. The highest BCUT2D eigenvalue weighted by Crippen LogP contribution is 2.42. The smallest absolute Gasteiger partial charge is 0.273 e. The van der Waals surface area contributed by atoms with Crippen LogP contribution in [0.1, 0.15) is 27.9 Å². The van der Waals surface area contributed by atoms with Gasteiger partial charge in [-0.05, 0) is 44.2 Å². The second-order valence-corrected chi connectivity index (χ2v) is 10.8. The van der Waals surface area contributed by atoms with Crippen LogP contribution in [-0.2, 0) is 19.5 Å². The van der Waals surface area contributed by atoms with Gasteiger partial charge in [0.15, 0.2) is 11.5 Å². The maximum absolute atomic E-state index is 14.4. The molecule has 5 rings (SSSR count). The zero-order valence-corrected chi connectivity index (χ0v) is 22.1. The van der Waals surface area contributed by atoms with E-state index in [-0.39, 0.29) is 50.7 Å². The van der Waals surface area contributed by atoms with Crippen molar-refractivity contribution < 1.29 is 36.7 Å². The zero-order chi connectivity index (χ0) is 26.3. The van der Waals surface area contributed by atoms with Gasteiger partial charge in [0.2, 0.25) is 12.6 Å². The van der Waals surface area contributed by atoms with Crippen LogP contribution in [0.15, 0.2) is 45.9 Å². The molecule has 1 aliphatic rings. The molecular weight excluding hydrogens is 546 g/mol. The summed E-state index contributed by atoms with van der Waals surface area (Å²) < 4.78 is 56.4. The van der Waals surface area contributed by atoms with E-state index in [1.165, 1.54) is 25.4 Å². The van der Waals surface area contributed by atoms with Crippen molar-refractivity contribution in [2.75, 3.05) is 24.8 Å². The highest BCUT2D eigenvalue weighted by atomic mass is 35.5. The number of ether oxygens (including phenoxy) is 4. The highest BCUT2D eigenvalue weighted by molar-refractivity contribution is 7.93. The van der Waals surface area contributed by atoms with Crippen LogP contribution in [0.5, 0.6) is 11.5 Å². The first-order valence-electron chi connectivity index (χ1n) is 10.9. The summed E-state index contributed by atoms with van der Waals surface area (Å²) in [5.41, 5.74) is 0.470. The Kier molecular flexibility index (Phi) is 6.81. The van der Waals surface area contributed by atoms with E-state index in [1.54, 1.807) is 32.0 Å². The van der Waals surface area contributed by atoms with Crippen molar-refractivity contribution in [3.8, 4) is 11.5 Å². The number of thiophene rings is 1. The molecule has 0 amide bonds. The lowest BCUT2D eigenvalue weighted by Crippen LogP contribution is -2.43. The van der Waals surface area contributed by atoms with E-state index in [9.17, 15) is 13.2 Å². The van der Waals surface area contributed by atoms with E-state index in [1.807, 2.05) is 0 Å². The van der Waals surface area contributed by atoms with Gasteiger partial charge in [-0.15, -0.1) is 11.3 Å². The van der Waals surface area contributed by atoms with E-state index in [2.05, 4.69) is 10.1 Å². The largest absolute Gasteiger partial charge is 0.454 e. The summed E-state index contributed by atoms with van der Waals surface area (Å²) in [6, 6.07) is 7.78. The number of benzene rings is 1. The number of hydrogen-bond donors (Lipinski definition) is 0. The van der Waals surface area contributed by atoms with Crippen molar-refractivity contribution in [3.63, 3.8) is 0 Å². The predicted octanol–water partition coefficient (Wildman–Crippen LogP) is 4.37. The van der Waals surface area contributed by atoms with E-state index in [0.717, 1.165) is 15.6 Å². The Balaban J connectivity index is 1.73. The molecule has 1 aromatic carbocycles. The molecule has 0 bridgehead atoms. The number of pyridine rings is 1. The molecule has 1 unspecified atom stereocenters. The molecule has 0 aliphatic carbocycles. The topological polar surface area (TPSA) is 130 Å². The van der Waals surface area contributed by atoms with Crippen LogP contribution in [0, 0.1) is 6.92 Å². The number of sulfonamides is 1. The number of aryl methyl sites for hydroxylation is 1. The first kappa shape index (κ1) is 25.4. The second kappa shape index (κ2) is 9.91. The second-order valence-electron chi connectivity index (χ2n) is 7.70. The molecule has 194 valence electrons. The summed E-state index contributed by atoms with van der Waals surface area (Å²) in [6.45, 7) is 3.36. The SMILES string of the molecule is CCOC(OC)N(c1onc(C)c1Cl)S(=O)(=O)c1c(C(=O)c2ccc3c(c2)OCO3)sc2ncccc12. The van der Waals surface area contributed by atoms with Gasteiger partial charge >= 0.3 is 0 Å². The Labute approximate surface area is 220 Å². The Morgan fingerprint density at radius 3 is 2.76 bits per heavy atom. The first-order valence-corrected chi connectivity index (χ1v) is 13.5. The van der Waals surface area contributed by atoms with Gasteiger partial charge in [0.1, 0.15) is 20.4 Å². The number of methoxy groups -OCH3 is 1. The number of halogens is 1. The fourth-order valence-corrected chi connectivity index (χ4v) is 7.16. The molecule has 4 aromatic rings. The molecular formula is C23H20ClN3O8S2. The number of anilines is 1. The van der Waals surface area contributed by atoms with Gasteiger partial charge in [0.25, 0.3) is 22.3 Å². The third kappa shape index (κ3) is 4.32. The summed E-state index contributed by atoms with van der Waals surface area (Å²) in [6.07, 6.45) is 0.0383. The van der Waals surface area contributed by atoms with Crippen LogP contribution in [-0.4, -0.2) is 51.3 Å². The van der Waals surface area contributed by atoms with Gasteiger partial charge in [0, 0.05) is 30.9 Å².